The van der Waals surface area contributed by atoms with Gasteiger partial charge >= 0.3 is 0 Å². The summed E-state index contributed by atoms with van der Waals surface area (Å²) in [7, 11) is 0. The molecule has 122 valence electrons. The topological polar surface area (TPSA) is 35.1 Å². The minimum Gasteiger partial charge on any atom is -0.787 e. The number of unbranched alkanes of at least 4 members (excludes halogenated alkanes) is 12. The average molecular weight is 285 g/mol. The molecule has 0 atom stereocenters. The van der Waals surface area contributed by atoms with Crippen molar-refractivity contribution in [3.63, 3.8) is 0 Å². The fourth-order valence-corrected chi connectivity index (χ4v) is 2.64. The Bertz CT molecular complexity index is 192. The molecule has 0 unspecified atom stereocenters. The zero-order valence-corrected chi connectivity index (χ0v) is 14.3. The normalized spacial score (nSPS) is 12.0. The summed E-state index contributed by atoms with van der Waals surface area (Å²) in [6.07, 6.45) is 18.9. The van der Waals surface area contributed by atoms with Gasteiger partial charge in [-0.25, -0.2) is 0 Å². The number of hydrogen-bond acceptors (Lipinski definition) is 2. The Morgan fingerprint density at radius 1 is 0.650 bits per heavy atom. The molecule has 0 amide bonds. The van der Waals surface area contributed by atoms with Crippen LogP contribution >= 0.6 is 0 Å². The molecular formula is C18H38NO-. The Kier molecular flexibility index (Phi) is 13.8. The molecule has 0 aromatic rings. The van der Waals surface area contributed by atoms with Gasteiger partial charge in [-0.2, -0.15) is 0 Å². The number of rotatable bonds is 15. The summed E-state index contributed by atoms with van der Waals surface area (Å²) in [4.78, 5) is 0. The quantitative estimate of drug-likeness (QED) is 0.281. The van der Waals surface area contributed by atoms with Gasteiger partial charge in [0.2, 0.25) is 0 Å². The molecule has 0 heterocycles. The van der Waals surface area contributed by atoms with E-state index in [0.717, 1.165) is 6.42 Å². The van der Waals surface area contributed by atoms with Crippen molar-refractivity contribution >= 4 is 0 Å². The van der Waals surface area contributed by atoms with Gasteiger partial charge in [0.1, 0.15) is 0 Å². The van der Waals surface area contributed by atoms with E-state index in [2.05, 4.69) is 12.4 Å². The van der Waals surface area contributed by atoms with Crippen molar-refractivity contribution in [1.82, 2.24) is 5.48 Å². The van der Waals surface area contributed by atoms with Gasteiger partial charge in [0.25, 0.3) is 0 Å². The number of hydrogen-bond donors (Lipinski definition) is 1. The molecule has 0 saturated heterocycles. The third kappa shape index (κ3) is 14.3. The van der Waals surface area contributed by atoms with Gasteiger partial charge in [-0.15, -0.1) is 0 Å². The summed E-state index contributed by atoms with van der Waals surface area (Å²) in [5.41, 5.74) is 1.91. The summed E-state index contributed by atoms with van der Waals surface area (Å²) in [5, 5.41) is 10.7. The molecule has 0 radical (unpaired) electrons. The predicted octanol–water partition coefficient (Wildman–Crippen LogP) is 6.33. The van der Waals surface area contributed by atoms with Gasteiger partial charge in [-0.1, -0.05) is 90.4 Å². The summed E-state index contributed by atoms with van der Waals surface area (Å²) in [6.45, 7) is 6.25. The largest absolute Gasteiger partial charge is 0.787 e. The van der Waals surface area contributed by atoms with Crippen LogP contribution in [0.4, 0.5) is 0 Å². The van der Waals surface area contributed by atoms with Crippen LogP contribution < -0.4 is 5.48 Å². The first kappa shape index (κ1) is 19.9. The summed E-state index contributed by atoms with van der Waals surface area (Å²) in [5.74, 6) is 0. The Morgan fingerprint density at radius 2 is 1.00 bits per heavy atom. The Labute approximate surface area is 127 Å². The van der Waals surface area contributed by atoms with Crippen LogP contribution in [0.1, 0.15) is 111 Å². The maximum absolute atomic E-state index is 10.7. The van der Waals surface area contributed by atoms with E-state index in [1.54, 1.807) is 0 Å². The monoisotopic (exact) mass is 284 g/mol. The molecule has 0 spiro atoms. The molecule has 2 heteroatoms. The number of hydroxylamine groups is 1. The second kappa shape index (κ2) is 13.9. The van der Waals surface area contributed by atoms with E-state index < -0.39 is 0 Å². The van der Waals surface area contributed by atoms with E-state index in [4.69, 9.17) is 0 Å². The van der Waals surface area contributed by atoms with Crippen molar-refractivity contribution in [1.29, 1.82) is 0 Å². The first-order valence-electron chi connectivity index (χ1n) is 9.01. The van der Waals surface area contributed by atoms with Crippen LogP contribution in [0, 0.1) is 5.21 Å². The molecule has 0 aliphatic rings. The van der Waals surface area contributed by atoms with Crippen molar-refractivity contribution in [3.05, 3.63) is 5.21 Å². The van der Waals surface area contributed by atoms with Crippen LogP contribution in [0.15, 0.2) is 0 Å². The van der Waals surface area contributed by atoms with Gasteiger partial charge in [0, 0.05) is 5.54 Å². The Hall–Kier alpha value is -0.0800. The zero-order valence-electron chi connectivity index (χ0n) is 14.3. The standard InChI is InChI=1S/C18H38NO/c1-4-5-6-7-8-9-10-11-12-13-14-15-16-17-18(2,3)19-20/h19H,4-17H2,1-3H3/q-1. The fourth-order valence-electron chi connectivity index (χ4n) is 2.64. The maximum Gasteiger partial charge on any atom is 0.000819 e. The molecule has 0 rings (SSSR count). The van der Waals surface area contributed by atoms with E-state index in [0.29, 0.717) is 0 Å². The Morgan fingerprint density at radius 3 is 1.35 bits per heavy atom. The molecule has 0 aliphatic heterocycles. The van der Waals surface area contributed by atoms with Gasteiger partial charge in [0.15, 0.2) is 0 Å². The molecule has 2 nitrogen and oxygen atoms in total. The SMILES string of the molecule is CCCCCCCCCCCCCCCC(C)(C)N[O-]. The van der Waals surface area contributed by atoms with Crippen molar-refractivity contribution in [2.24, 2.45) is 0 Å². The lowest BCUT2D eigenvalue weighted by molar-refractivity contribution is 0.387. The Balaban J connectivity index is 3.06. The van der Waals surface area contributed by atoms with Crippen LogP contribution in [0.5, 0.6) is 0 Å². The highest BCUT2D eigenvalue weighted by atomic mass is 16.5. The summed E-state index contributed by atoms with van der Waals surface area (Å²) >= 11 is 0. The summed E-state index contributed by atoms with van der Waals surface area (Å²) < 4.78 is 0. The highest BCUT2D eigenvalue weighted by Gasteiger charge is 2.10. The fraction of sp³-hybridized carbons (Fsp3) is 1.00. The van der Waals surface area contributed by atoms with E-state index in [-0.39, 0.29) is 5.54 Å². The molecular weight excluding hydrogens is 246 g/mol. The van der Waals surface area contributed by atoms with Gasteiger partial charge < -0.3 is 10.7 Å². The average Bonchev–Trinajstić information content (AvgIpc) is 2.44. The van der Waals surface area contributed by atoms with Gasteiger partial charge in [-0.3, -0.25) is 0 Å². The van der Waals surface area contributed by atoms with Crippen LogP contribution in [-0.4, -0.2) is 5.54 Å². The van der Waals surface area contributed by atoms with E-state index in [9.17, 15) is 5.21 Å². The lowest BCUT2D eigenvalue weighted by Crippen LogP contribution is -2.34. The molecule has 0 aromatic heterocycles. The highest BCUT2D eigenvalue weighted by molar-refractivity contribution is 4.76. The van der Waals surface area contributed by atoms with Gasteiger partial charge in [-0.05, 0) is 20.3 Å². The molecule has 0 aliphatic carbocycles. The second-order valence-corrected chi connectivity index (χ2v) is 6.98. The predicted molar refractivity (Wildman–Crippen MR) is 90.9 cm³/mol. The highest BCUT2D eigenvalue weighted by Crippen LogP contribution is 2.16. The zero-order chi connectivity index (χ0) is 15.1. The van der Waals surface area contributed by atoms with Crippen LogP contribution in [0.2, 0.25) is 0 Å². The minimum atomic E-state index is -0.224. The van der Waals surface area contributed by atoms with Gasteiger partial charge in [0.05, 0.1) is 0 Å². The first-order valence-corrected chi connectivity index (χ1v) is 9.01. The minimum absolute atomic E-state index is 0.224. The van der Waals surface area contributed by atoms with Crippen molar-refractivity contribution in [2.75, 3.05) is 0 Å². The lowest BCUT2D eigenvalue weighted by Gasteiger charge is -2.30. The number of nitrogens with one attached hydrogen (secondary N) is 1. The molecule has 0 fully saturated rings. The van der Waals surface area contributed by atoms with E-state index in [1.165, 1.54) is 83.5 Å². The molecule has 1 N–H and O–H groups in total. The van der Waals surface area contributed by atoms with E-state index in [1.807, 2.05) is 13.8 Å². The molecule has 0 aromatic carbocycles. The van der Waals surface area contributed by atoms with Crippen LogP contribution in [0.25, 0.3) is 0 Å². The van der Waals surface area contributed by atoms with Crippen molar-refractivity contribution in [3.8, 4) is 0 Å². The maximum atomic E-state index is 10.7. The summed E-state index contributed by atoms with van der Waals surface area (Å²) in [6, 6.07) is 0. The van der Waals surface area contributed by atoms with Crippen molar-refractivity contribution in [2.45, 2.75) is 116 Å². The third-order valence-corrected chi connectivity index (χ3v) is 4.18. The molecule has 0 saturated carbocycles. The first-order chi connectivity index (χ1) is 9.62. The van der Waals surface area contributed by atoms with E-state index >= 15 is 0 Å². The van der Waals surface area contributed by atoms with Crippen molar-refractivity contribution < 1.29 is 0 Å². The molecule has 0 bridgehead atoms. The second-order valence-electron chi connectivity index (χ2n) is 6.98. The molecule has 20 heavy (non-hydrogen) atoms. The smallest absolute Gasteiger partial charge is 0.000819 e. The van der Waals surface area contributed by atoms with Crippen LogP contribution in [0.3, 0.4) is 0 Å². The lowest BCUT2D eigenvalue weighted by atomic mass is 9.97. The third-order valence-electron chi connectivity index (χ3n) is 4.18. The van der Waals surface area contributed by atoms with Crippen LogP contribution in [-0.2, 0) is 0 Å².